The fourth-order valence-corrected chi connectivity index (χ4v) is 2.48. The quantitative estimate of drug-likeness (QED) is 0.598. The van der Waals surface area contributed by atoms with E-state index in [0.29, 0.717) is 18.6 Å². The summed E-state index contributed by atoms with van der Waals surface area (Å²) in [6, 6.07) is 16.4. The van der Waals surface area contributed by atoms with Crippen LogP contribution < -0.4 is 5.73 Å². The van der Waals surface area contributed by atoms with Gasteiger partial charge in [0.15, 0.2) is 5.78 Å². The van der Waals surface area contributed by atoms with E-state index in [1.165, 1.54) is 5.56 Å². The molecule has 0 fully saturated rings. The Morgan fingerprint density at radius 2 is 1.67 bits per heavy atom. The number of hydrogen-bond donors (Lipinski definition) is 1. The minimum atomic E-state index is -0.527. The van der Waals surface area contributed by atoms with Crippen molar-refractivity contribution < 1.29 is 14.3 Å². The lowest BCUT2D eigenvalue weighted by molar-refractivity contribution is -0.142. The van der Waals surface area contributed by atoms with E-state index in [-0.39, 0.29) is 18.2 Å². The van der Waals surface area contributed by atoms with Gasteiger partial charge in [0.05, 0.1) is 19.1 Å². The number of nitrogens with two attached hydrogens (primary N) is 1. The second kappa shape index (κ2) is 8.99. The van der Waals surface area contributed by atoms with E-state index in [1.54, 1.807) is 31.2 Å². The Hall–Kier alpha value is -2.46. The predicted octanol–water partition coefficient (Wildman–Crippen LogP) is 2.94. The van der Waals surface area contributed by atoms with Crippen LogP contribution in [0.3, 0.4) is 0 Å². The van der Waals surface area contributed by atoms with Crippen LogP contribution in [0.4, 0.5) is 0 Å². The molecule has 1 atom stereocenters. The van der Waals surface area contributed by atoms with E-state index in [9.17, 15) is 9.59 Å². The molecule has 0 aromatic heterocycles. The highest BCUT2D eigenvalue weighted by Crippen LogP contribution is 2.11. The molecule has 2 aromatic rings. The summed E-state index contributed by atoms with van der Waals surface area (Å²) in [5, 5.41) is 0. The van der Waals surface area contributed by atoms with Crippen LogP contribution in [0.2, 0.25) is 0 Å². The van der Waals surface area contributed by atoms with Crippen LogP contribution >= 0.6 is 0 Å². The molecule has 0 bridgehead atoms. The van der Waals surface area contributed by atoms with Gasteiger partial charge in [0.1, 0.15) is 0 Å². The molecule has 0 aliphatic rings. The fraction of sp³-hybridized carbons (Fsp3) is 0.300. The summed E-state index contributed by atoms with van der Waals surface area (Å²) in [6.07, 6.45) is 1.59. The van der Waals surface area contributed by atoms with Crippen molar-refractivity contribution >= 4 is 11.8 Å². The summed E-state index contributed by atoms with van der Waals surface area (Å²) < 4.78 is 4.91. The van der Waals surface area contributed by atoms with Crippen molar-refractivity contribution in [3.8, 4) is 0 Å². The monoisotopic (exact) mass is 325 g/mol. The summed E-state index contributed by atoms with van der Waals surface area (Å²) in [6.45, 7) is 2.14. The Kier molecular flexibility index (Phi) is 6.70. The Bertz CT molecular complexity index is 665. The van der Waals surface area contributed by atoms with Crippen LogP contribution in [-0.4, -0.2) is 24.4 Å². The molecule has 0 radical (unpaired) electrons. The second-order valence-corrected chi connectivity index (χ2v) is 5.67. The summed E-state index contributed by atoms with van der Waals surface area (Å²) in [4.78, 5) is 23.8. The SMILES string of the molecule is CCOC(=O)Cc1ccc(C(=O)C(N)CCc2ccccc2)cc1. The molecule has 2 aromatic carbocycles. The van der Waals surface area contributed by atoms with Gasteiger partial charge in [0.25, 0.3) is 0 Å². The zero-order chi connectivity index (χ0) is 17.4. The zero-order valence-electron chi connectivity index (χ0n) is 13.9. The third-order valence-corrected chi connectivity index (χ3v) is 3.82. The molecule has 2 rings (SSSR count). The molecule has 0 saturated heterocycles. The first-order valence-corrected chi connectivity index (χ1v) is 8.18. The Morgan fingerprint density at radius 1 is 1.00 bits per heavy atom. The molecule has 126 valence electrons. The van der Waals surface area contributed by atoms with E-state index in [0.717, 1.165) is 12.0 Å². The van der Waals surface area contributed by atoms with Gasteiger partial charge < -0.3 is 10.5 Å². The maximum atomic E-state index is 12.4. The maximum Gasteiger partial charge on any atom is 0.310 e. The molecule has 1 unspecified atom stereocenters. The predicted molar refractivity (Wildman–Crippen MR) is 93.8 cm³/mol. The lowest BCUT2D eigenvalue weighted by Crippen LogP contribution is -2.31. The Morgan fingerprint density at radius 3 is 2.29 bits per heavy atom. The smallest absolute Gasteiger partial charge is 0.310 e. The molecule has 0 aliphatic carbocycles. The van der Waals surface area contributed by atoms with Crippen molar-refractivity contribution in [1.29, 1.82) is 0 Å². The number of ether oxygens (including phenoxy) is 1. The molecule has 4 heteroatoms. The third kappa shape index (κ3) is 5.32. The Labute approximate surface area is 142 Å². The first kappa shape index (κ1) is 17.9. The van der Waals surface area contributed by atoms with E-state index in [4.69, 9.17) is 10.5 Å². The number of carbonyl (C=O) groups excluding carboxylic acids is 2. The van der Waals surface area contributed by atoms with Gasteiger partial charge in [0.2, 0.25) is 0 Å². The fourth-order valence-electron chi connectivity index (χ4n) is 2.48. The largest absolute Gasteiger partial charge is 0.466 e. The highest BCUT2D eigenvalue weighted by molar-refractivity contribution is 6.00. The maximum absolute atomic E-state index is 12.4. The van der Waals surface area contributed by atoms with Gasteiger partial charge in [-0.1, -0.05) is 54.6 Å². The van der Waals surface area contributed by atoms with E-state index >= 15 is 0 Å². The molecule has 24 heavy (non-hydrogen) atoms. The molecule has 0 spiro atoms. The molecule has 0 heterocycles. The molecule has 4 nitrogen and oxygen atoms in total. The average Bonchev–Trinajstić information content (AvgIpc) is 2.61. The van der Waals surface area contributed by atoms with Gasteiger partial charge in [-0.05, 0) is 30.9 Å². The summed E-state index contributed by atoms with van der Waals surface area (Å²) in [5.74, 6) is -0.343. The van der Waals surface area contributed by atoms with Gasteiger partial charge in [-0.3, -0.25) is 9.59 Å². The first-order valence-electron chi connectivity index (χ1n) is 8.18. The van der Waals surface area contributed by atoms with Crippen molar-refractivity contribution in [3.05, 3.63) is 71.3 Å². The third-order valence-electron chi connectivity index (χ3n) is 3.82. The van der Waals surface area contributed by atoms with Crippen LogP contribution in [-0.2, 0) is 22.4 Å². The lowest BCUT2D eigenvalue weighted by atomic mass is 9.97. The molecule has 0 saturated carbocycles. The van der Waals surface area contributed by atoms with E-state index < -0.39 is 6.04 Å². The average molecular weight is 325 g/mol. The molecule has 2 N–H and O–H groups in total. The topological polar surface area (TPSA) is 69.4 Å². The van der Waals surface area contributed by atoms with Gasteiger partial charge in [-0.2, -0.15) is 0 Å². The minimum Gasteiger partial charge on any atom is -0.466 e. The number of carbonyl (C=O) groups is 2. The summed E-state index contributed by atoms with van der Waals surface area (Å²) >= 11 is 0. The number of hydrogen-bond acceptors (Lipinski definition) is 4. The summed E-state index contributed by atoms with van der Waals surface area (Å²) in [5.41, 5.74) is 8.60. The van der Waals surface area contributed by atoms with Crippen LogP contribution in [0.1, 0.15) is 34.8 Å². The molecule has 0 amide bonds. The van der Waals surface area contributed by atoms with Crippen molar-refractivity contribution in [1.82, 2.24) is 0 Å². The lowest BCUT2D eigenvalue weighted by Gasteiger charge is -2.11. The first-order chi connectivity index (χ1) is 11.6. The van der Waals surface area contributed by atoms with Crippen molar-refractivity contribution in [2.24, 2.45) is 5.73 Å². The van der Waals surface area contributed by atoms with Crippen LogP contribution in [0.15, 0.2) is 54.6 Å². The Balaban J connectivity index is 1.90. The van der Waals surface area contributed by atoms with Crippen LogP contribution in [0, 0.1) is 0 Å². The molecular weight excluding hydrogens is 302 g/mol. The summed E-state index contributed by atoms with van der Waals surface area (Å²) in [7, 11) is 0. The second-order valence-electron chi connectivity index (χ2n) is 5.67. The van der Waals surface area contributed by atoms with Gasteiger partial charge in [-0.15, -0.1) is 0 Å². The number of rotatable bonds is 8. The minimum absolute atomic E-state index is 0.0754. The van der Waals surface area contributed by atoms with Crippen LogP contribution in [0.5, 0.6) is 0 Å². The standard InChI is InChI=1S/C20H23NO3/c1-2-24-19(22)14-16-8-11-17(12-9-16)20(23)18(21)13-10-15-6-4-3-5-7-15/h3-9,11-12,18H,2,10,13-14,21H2,1H3. The molecule has 0 aliphatic heterocycles. The number of benzene rings is 2. The number of ketones is 1. The zero-order valence-corrected chi connectivity index (χ0v) is 13.9. The van der Waals surface area contributed by atoms with Gasteiger partial charge in [-0.25, -0.2) is 0 Å². The van der Waals surface area contributed by atoms with Crippen molar-refractivity contribution in [2.45, 2.75) is 32.2 Å². The van der Waals surface area contributed by atoms with E-state index in [1.807, 2.05) is 30.3 Å². The van der Waals surface area contributed by atoms with Crippen molar-refractivity contribution in [3.63, 3.8) is 0 Å². The number of Topliss-reactive ketones (excluding diaryl/α,β-unsaturated/α-hetero) is 1. The molecular formula is C20H23NO3. The number of esters is 1. The van der Waals surface area contributed by atoms with Crippen LogP contribution in [0.25, 0.3) is 0 Å². The normalized spacial score (nSPS) is 11.8. The van der Waals surface area contributed by atoms with E-state index in [2.05, 4.69) is 0 Å². The highest BCUT2D eigenvalue weighted by atomic mass is 16.5. The van der Waals surface area contributed by atoms with Gasteiger partial charge >= 0.3 is 5.97 Å². The number of aryl methyl sites for hydroxylation is 1. The van der Waals surface area contributed by atoms with Gasteiger partial charge in [0, 0.05) is 5.56 Å². The highest BCUT2D eigenvalue weighted by Gasteiger charge is 2.16. The van der Waals surface area contributed by atoms with Crippen molar-refractivity contribution in [2.75, 3.05) is 6.61 Å².